The number of carbonyl (C=O) groups excluding carboxylic acids is 1. The third-order valence-electron chi connectivity index (χ3n) is 0.518. The molecule has 0 N–H and O–H groups in total. The smallest absolute Gasteiger partial charge is 0.382 e. The lowest BCUT2D eigenvalue weighted by molar-refractivity contribution is -0.134. The van der Waals surface area contributed by atoms with Gasteiger partial charge in [-0.15, -0.1) is 0 Å². The zero-order valence-corrected chi connectivity index (χ0v) is 5.88. The second kappa shape index (κ2) is 3.70. The Morgan fingerprint density at radius 1 is 1.60 bits per heavy atom. The van der Waals surface area contributed by atoms with E-state index in [0.29, 0.717) is 0 Å². The largest absolute Gasteiger partial charge is 0.479 e. The van der Waals surface area contributed by atoms with E-state index in [1.807, 2.05) is 0 Å². The monoisotopic (exact) mass is 174 g/mol. The minimum absolute atomic E-state index is 0.0525. The fraction of sp³-hybridized carbons (Fsp3) is 0.750. The molecule has 0 aliphatic rings. The molecule has 0 heterocycles. The van der Waals surface area contributed by atoms with Crippen molar-refractivity contribution in [1.29, 1.82) is 0 Å². The molecule has 0 saturated carbocycles. The average molecular weight is 174 g/mol. The van der Waals surface area contributed by atoms with Gasteiger partial charge in [0.2, 0.25) is 0 Å². The summed E-state index contributed by atoms with van der Waals surface area (Å²) in [7, 11) is 0. The second-order valence-electron chi connectivity index (χ2n) is 1.34. The molecule has 0 aromatic heterocycles. The standard InChI is InChI=1S/C4H5F3O2S/c1-2-3(8)9-10-4(5,6)7/h2H2,1H3. The number of hydrogen-bond acceptors (Lipinski definition) is 3. The van der Waals surface area contributed by atoms with E-state index in [1.54, 1.807) is 0 Å². The van der Waals surface area contributed by atoms with Crippen molar-refractivity contribution in [3.63, 3.8) is 0 Å². The third-order valence-corrected chi connectivity index (χ3v) is 0.976. The fourth-order valence-electron chi connectivity index (χ4n) is 0.153. The summed E-state index contributed by atoms with van der Waals surface area (Å²) in [6.07, 6.45) is -0.0525. The van der Waals surface area contributed by atoms with Crippen LogP contribution in [-0.2, 0) is 8.98 Å². The number of alkyl halides is 3. The van der Waals surface area contributed by atoms with Gasteiger partial charge in [-0.3, -0.25) is 4.79 Å². The fourth-order valence-corrected chi connectivity index (χ4v) is 0.458. The van der Waals surface area contributed by atoms with Crippen LogP contribution in [0.1, 0.15) is 13.3 Å². The van der Waals surface area contributed by atoms with Crippen molar-refractivity contribution >= 4 is 18.0 Å². The van der Waals surface area contributed by atoms with Crippen molar-refractivity contribution in [1.82, 2.24) is 0 Å². The topological polar surface area (TPSA) is 26.3 Å². The maximum absolute atomic E-state index is 11.2. The number of hydrogen-bond donors (Lipinski definition) is 0. The van der Waals surface area contributed by atoms with E-state index in [-0.39, 0.29) is 6.42 Å². The van der Waals surface area contributed by atoms with Crippen LogP contribution in [0.4, 0.5) is 13.2 Å². The van der Waals surface area contributed by atoms with Crippen LogP contribution in [0, 0.1) is 0 Å². The Bertz CT molecular complexity index is 122. The molecule has 0 aromatic carbocycles. The first-order chi connectivity index (χ1) is 4.45. The normalized spacial score (nSPS) is 11.2. The van der Waals surface area contributed by atoms with Crippen molar-refractivity contribution < 1.29 is 22.1 Å². The summed E-state index contributed by atoms with van der Waals surface area (Å²) in [4.78, 5) is 10.1. The van der Waals surface area contributed by atoms with Gasteiger partial charge in [0.05, 0.1) is 0 Å². The minimum Gasteiger partial charge on any atom is -0.382 e. The Balaban J connectivity index is 3.46. The summed E-state index contributed by atoms with van der Waals surface area (Å²) in [5.41, 5.74) is -4.50. The van der Waals surface area contributed by atoms with Crippen molar-refractivity contribution in [2.75, 3.05) is 0 Å². The van der Waals surface area contributed by atoms with Gasteiger partial charge in [0.1, 0.15) is 0 Å². The van der Waals surface area contributed by atoms with E-state index in [2.05, 4.69) is 4.18 Å². The van der Waals surface area contributed by atoms with Gasteiger partial charge in [-0.05, 0) is 0 Å². The molecule has 6 heteroatoms. The summed E-state index contributed by atoms with van der Waals surface area (Å²) in [5.74, 6) is -0.873. The summed E-state index contributed by atoms with van der Waals surface area (Å²) in [6, 6.07) is 0. The van der Waals surface area contributed by atoms with Crippen molar-refractivity contribution in [2.45, 2.75) is 18.9 Å². The molecule has 0 bridgehead atoms. The van der Waals surface area contributed by atoms with Crippen LogP contribution in [0.15, 0.2) is 0 Å². The van der Waals surface area contributed by atoms with Crippen LogP contribution in [0.5, 0.6) is 0 Å². The van der Waals surface area contributed by atoms with Gasteiger partial charge in [0, 0.05) is 6.42 Å². The van der Waals surface area contributed by atoms with Gasteiger partial charge in [-0.1, -0.05) is 6.92 Å². The van der Waals surface area contributed by atoms with Crippen LogP contribution >= 0.6 is 12.0 Å². The highest BCUT2D eigenvalue weighted by atomic mass is 32.2. The summed E-state index contributed by atoms with van der Waals surface area (Å²) in [6.45, 7) is 1.42. The molecule has 0 fully saturated rings. The summed E-state index contributed by atoms with van der Waals surface area (Å²) in [5, 5.41) is 0. The van der Waals surface area contributed by atoms with Crippen molar-refractivity contribution in [3.05, 3.63) is 0 Å². The molecule has 0 rings (SSSR count). The van der Waals surface area contributed by atoms with Crippen LogP contribution < -0.4 is 0 Å². The quantitative estimate of drug-likeness (QED) is 0.599. The van der Waals surface area contributed by atoms with Crippen molar-refractivity contribution in [2.24, 2.45) is 0 Å². The molecule has 0 aromatic rings. The second-order valence-corrected chi connectivity index (χ2v) is 2.13. The van der Waals surface area contributed by atoms with E-state index in [1.165, 1.54) is 6.92 Å². The predicted molar refractivity (Wildman–Crippen MR) is 30.0 cm³/mol. The first-order valence-electron chi connectivity index (χ1n) is 2.41. The van der Waals surface area contributed by atoms with Gasteiger partial charge in [-0.25, -0.2) is 0 Å². The highest BCUT2D eigenvalue weighted by Crippen LogP contribution is 2.30. The molecule has 0 spiro atoms. The Kier molecular flexibility index (Phi) is 3.55. The van der Waals surface area contributed by atoms with Gasteiger partial charge >= 0.3 is 11.5 Å². The average Bonchev–Trinajstić information content (AvgIpc) is 1.81. The Morgan fingerprint density at radius 3 is 2.40 bits per heavy atom. The molecule has 0 atom stereocenters. The van der Waals surface area contributed by atoms with E-state index in [4.69, 9.17) is 0 Å². The molecular weight excluding hydrogens is 169 g/mol. The van der Waals surface area contributed by atoms with Gasteiger partial charge in [-0.2, -0.15) is 13.2 Å². The highest BCUT2D eigenvalue weighted by molar-refractivity contribution is 7.95. The zero-order chi connectivity index (χ0) is 8.20. The molecular formula is C4H5F3O2S. The van der Waals surface area contributed by atoms with Crippen LogP contribution in [0.25, 0.3) is 0 Å². The molecule has 60 valence electrons. The molecule has 0 amide bonds. The highest BCUT2D eigenvalue weighted by Gasteiger charge is 2.32. The third kappa shape index (κ3) is 5.74. The van der Waals surface area contributed by atoms with Gasteiger partial charge in [0.25, 0.3) is 0 Å². The first-order valence-corrected chi connectivity index (χ1v) is 3.15. The van der Waals surface area contributed by atoms with Crippen LogP contribution in [-0.4, -0.2) is 11.5 Å². The Labute approximate surface area is 59.9 Å². The number of rotatable bonds is 2. The molecule has 0 saturated heterocycles. The molecule has 10 heavy (non-hydrogen) atoms. The van der Waals surface area contributed by atoms with E-state index in [0.717, 1.165) is 0 Å². The molecule has 0 aliphatic heterocycles. The van der Waals surface area contributed by atoms with Crippen LogP contribution in [0.2, 0.25) is 0 Å². The zero-order valence-electron chi connectivity index (χ0n) is 5.07. The maximum atomic E-state index is 11.2. The van der Waals surface area contributed by atoms with E-state index >= 15 is 0 Å². The van der Waals surface area contributed by atoms with E-state index < -0.39 is 23.5 Å². The summed E-state index contributed by atoms with van der Waals surface area (Å²) >= 11 is -0.783. The minimum atomic E-state index is -4.50. The molecule has 0 aliphatic carbocycles. The molecule has 2 nitrogen and oxygen atoms in total. The Morgan fingerprint density at radius 2 is 2.10 bits per heavy atom. The first kappa shape index (κ1) is 9.61. The lowest BCUT2D eigenvalue weighted by Crippen LogP contribution is -2.05. The molecule has 0 unspecified atom stereocenters. The number of carbonyl (C=O) groups is 1. The Hall–Kier alpha value is -0.390. The van der Waals surface area contributed by atoms with Crippen molar-refractivity contribution in [3.8, 4) is 0 Å². The van der Waals surface area contributed by atoms with E-state index in [9.17, 15) is 18.0 Å². The maximum Gasteiger partial charge on any atom is 0.479 e. The van der Waals surface area contributed by atoms with Crippen LogP contribution in [0.3, 0.4) is 0 Å². The lowest BCUT2D eigenvalue weighted by atomic mass is 10.5. The van der Waals surface area contributed by atoms with Gasteiger partial charge in [0.15, 0.2) is 12.0 Å². The predicted octanol–water partition coefficient (Wildman–Crippen LogP) is 2.11. The number of halogens is 3. The lowest BCUT2D eigenvalue weighted by Gasteiger charge is -2.02. The summed E-state index contributed by atoms with van der Waals surface area (Å²) < 4.78 is 37.4. The SMILES string of the molecule is CCC(=O)OSC(F)(F)F. The molecule has 0 radical (unpaired) electrons. The van der Waals surface area contributed by atoms with Gasteiger partial charge < -0.3 is 4.18 Å².